The van der Waals surface area contributed by atoms with Crippen LogP contribution in [0.4, 0.5) is 4.39 Å². The van der Waals surface area contributed by atoms with Crippen molar-refractivity contribution in [2.45, 2.75) is 38.0 Å². The first-order valence-electron chi connectivity index (χ1n) is 9.18. The lowest BCUT2D eigenvalue weighted by Crippen LogP contribution is -2.63. The van der Waals surface area contributed by atoms with Gasteiger partial charge in [0.1, 0.15) is 16.4 Å². The van der Waals surface area contributed by atoms with Gasteiger partial charge in [-0.25, -0.2) is 12.8 Å². The third-order valence-electron chi connectivity index (χ3n) is 5.73. The van der Waals surface area contributed by atoms with Crippen LogP contribution in [0.1, 0.15) is 38.8 Å². The Balaban J connectivity index is 1.93. The average molecular weight is 429 g/mol. The van der Waals surface area contributed by atoms with E-state index in [0.29, 0.717) is 16.5 Å². The Morgan fingerprint density at radius 1 is 1.17 bits per heavy atom. The molecule has 1 fully saturated rings. The van der Waals surface area contributed by atoms with Gasteiger partial charge >= 0.3 is 0 Å². The second-order valence-electron chi connectivity index (χ2n) is 8.09. The van der Waals surface area contributed by atoms with Crippen LogP contribution in [0.2, 0.25) is 0 Å². The van der Waals surface area contributed by atoms with Crippen molar-refractivity contribution in [3.63, 3.8) is 0 Å². The van der Waals surface area contributed by atoms with Gasteiger partial charge in [0.2, 0.25) is 0 Å². The lowest BCUT2D eigenvalue weighted by Gasteiger charge is -2.43. The monoisotopic (exact) mass is 428 g/mol. The Kier molecular flexibility index (Phi) is 4.30. The summed E-state index contributed by atoms with van der Waals surface area (Å²) in [5.41, 5.74) is 0.0867. The standard InChI is InChI=1S/C22H21FN2O2S2/c1-5-6-13-7-9-17-18(19(13)23)15-11-14(8-10-16(15)28-17)22(4)12-29(26,27)21(2,3)20(24)25-22/h7-11H,12H2,1-4H3,(H2,24,25)/t22-/m0/s1. The number of amidine groups is 1. The molecule has 1 aliphatic heterocycles. The highest BCUT2D eigenvalue weighted by molar-refractivity contribution is 7.93. The van der Waals surface area contributed by atoms with E-state index in [-0.39, 0.29) is 17.4 Å². The number of hydrogen-bond donors (Lipinski definition) is 2. The van der Waals surface area contributed by atoms with Gasteiger partial charge in [-0.2, -0.15) is 0 Å². The van der Waals surface area contributed by atoms with Gasteiger partial charge in [0, 0.05) is 20.2 Å². The van der Waals surface area contributed by atoms with Crippen LogP contribution < -0.4 is 5.32 Å². The van der Waals surface area contributed by atoms with E-state index < -0.39 is 20.1 Å². The van der Waals surface area contributed by atoms with E-state index in [4.69, 9.17) is 5.41 Å². The summed E-state index contributed by atoms with van der Waals surface area (Å²) in [4.78, 5) is 0. The summed E-state index contributed by atoms with van der Waals surface area (Å²) in [6.45, 7) is 6.52. The first-order valence-corrected chi connectivity index (χ1v) is 11.6. The van der Waals surface area contributed by atoms with E-state index in [0.717, 1.165) is 14.8 Å². The van der Waals surface area contributed by atoms with Gasteiger partial charge in [-0.3, -0.25) is 5.41 Å². The van der Waals surface area contributed by atoms with Crippen LogP contribution in [0.3, 0.4) is 0 Å². The normalized spacial score (nSPS) is 22.9. The highest BCUT2D eigenvalue weighted by atomic mass is 32.2. The molecule has 1 atom stereocenters. The minimum Gasteiger partial charge on any atom is -0.362 e. The predicted molar refractivity (Wildman–Crippen MR) is 118 cm³/mol. The summed E-state index contributed by atoms with van der Waals surface area (Å²) in [5, 5.41) is 12.6. The second-order valence-corrected chi connectivity index (χ2v) is 11.7. The fourth-order valence-electron chi connectivity index (χ4n) is 3.74. The zero-order valence-corrected chi connectivity index (χ0v) is 18.2. The Bertz CT molecular complexity index is 1360. The largest absolute Gasteiger partial charge is 0.362 e. The molecule has 0 unspecified atom stereocenters. The maximum atomic E-state index is 15.1. The molecule has 29 heavy (non-hydrogen) atoms. The number of sulfone groups is 1. The maximum absolute atomic E-state index is 15.1. The van der Waals surface area contributed by atoms with Crippen molar-refractivity contribution >= 4 is 47.2 Å². The van der Waals surface area contributed by atoms with Crippen molar-refractivity contribution < 1.29 is 12.8 Å². The Hall–Kier alpha value is -2.43. The number of nitrogens with one attached hydrogen (secondary N) is 2. The van der Waals surface area contributed by atoms with Crippen LogP contribution >= 0.6 is 11.3 Å². The summed E-state index contributed by atoms with van der Waals surface area (Å²) in [7, 11) is -3.55. The van der Waals surface area contributed by atoms with E-state index >= 15 is 4.39 Å². The molecule has 2 N–H and O–H groups in total. The summed E-state index contributed by atoms with van der Waals surface area (Å²) in [6.07, 6.45) is 0. The SMILES string of the molecule is CC#Cc1ccc2sc3ccc([C@]4(C)CS(=O)(=O)C(C)(C)C(=N)N4)cc3c2c1F. The third kappa shape index (κ3) is 2.85. The molecule has 0 bridgehead atoms. The van der Waals surface area contributed by atoms with Gasteiger partial charge in [0.15, 0.2) is 9.84 Å². The van der Waals surface area contributed by atoms with E-state index in [1.807, 2.05) is 24.3 Å². The summed E-state index contributed by atoms with van der Waals surface area (Å²) < 4.78 is 41.3. The minimum absolute atomic E-state index is 0.0341. The molecule has 1 saturated heterocycles. The van der Waals surface area contributed by atoms with Crippen LogP contribution in [0.15, 0.2) is 30.3 Å². The molecular formula is C22H21FN2O2S2. The molecular weight excluding hydrogens is 407 g/mol. The van der Waals surface area contributed by atoms with Gasteiger partial charge in [0.25, 0.3) is 0 Å². The fourth-order valence-corrected chi connectivity index (χ4v) is 6.54. The molecule has 1 aromatic heterocycles. The topological polar surface area (TPSA) is 70.0 Å². The average Bonchev–Trinajstić information content (AvgIpc) is 3.01. The van der Waals surface area contributed by atoms with Crippen LogP contribution in [0.25, 0.3) is 20.2 Å². The van der Waals surface area contributed by atoms with Crippen LogP contribution in [0.5, 0.6) is 0 Å². The number of rotatable bonds is 1. The molecule has 0 saturated carbocycles. The fraction of sp³-hybridized carbons (Fsp3) is 0.318. The Labute approximate surface area is 173 Å². The van der Waals surface area contributed by atoms with Gasteiger partial charge < -0.3 is 5.32 Å². The van der Waals surface area contributed by atoms with Crippen LogP contribution in [0, 0.1) is 23.1 Å². The molecule has 4 rings (SSSR count). The van der Waals surface area contributed by atoms with Crippen LogP contribution in [-0.4, -0.2) is 24.8 Å². The lowest BCUT2D eigenvalue weighted by molar-refractivity contribution is 0.443. The molecule has 0 amide bonds. The number of hydrogen-bond acceptors (Lipinski definition) is 4. The van der Waals surface area contributed by atoms with Gasteiger partial charge in [-0.1, -0.05) is 12.0 Å². The molecule has 7 heteroatoms. The second kappa shape index (κ2) is 6.28. The molecule has 0 radical (unpaired) electrons. The molecule has 0 aliphatic carbocycles. The third-order valence-corrected chi connectivity index (χ3v) is 9.58. The van der Waals surface area contributed by atoms with Crippen molar-refractivity contribution in [3.8, 4) is 11.8 Å². The molecule has 1 aliphatic rings. The van der Waals surface area contributed by atoms with E-state index in [9.17, 15) is 8.42 Å². The summed E-state index contributed by atoms with van der Waals surface area (Å²) in [5.74, 6) is 4.99. The van der Waals surface area contributed by atoms with Gasteiger partial charge in [-0.15, -0.1) is 17.3 Å². The highest BCUT2D eigenvalue weighted by Crippen LogP contribution is 2.40. The van der Waals surface area contributed by atoms with E-state index in [1.54, 1.807) is 33.8 Å². The molecule has 4 nitrogen and oxygen atoms in total. The summed E-state index contributed by atoms with van der Waals surface area (Å²) in [6, 6.07) is 9.14. The van der Waals surface area contributed by atoms with Crippen molar-refractivity contribution in [2.75, 3.05) is 5.75 Å². The smallest absolute Gasteiger partial charge is 0.165 e. The quantitative estimate of drug-likeness (QED) is 0.559. The lowest BCUT2D eigenvalue weighted by atomic mass is 9.91. The number of halogens is 1. The van der Waals surface area contributed by atoms with Gasteiger partial charge in [-0.05, 0) is 57.5 Å². The zero-order chi connectivity index (χ0) is 21.2. The van der Waals surface area contributed by atoms with Gasteiger partial charge in [0.05, 0.1) is 16.9 Å². The van der Waals surface area contributed by atoms with Crippen molar-refractivity contribution in [1.29, 1.82) is 5.41 Å². The molecule has 3 aromatic rings. The number of benzene rings is 2. The van der Waals surface area contributed by atoms with Crippen LogP contribution in [-0.2, 0) is 15.4 Å². The minimum atomic E-state index is -3.55. The van der Waals surface area contributed by atoms with E-state index in [1.165, 1.54) is 11.3 Å². The molecule has 0 spiro atoms. The molecule has 150 valence electrons. The zero-order valence-electron chi connectivity index (χ0n) is 16.6. The van der Waals surface area contributed by atoms with Crippen molar-refractivity contribution in [2.24, 2.45) is 0 Å². The number of fused-ring (bicyclic) bond motifs is 3. The highest BCUT2D eigenvalue weighted by Gasteiger charge is 2.50. The maximum Gasteiger partial charge on any atom is 0.165 e. The number of thiophene rings is 1. The molecule has 2 aromatic carbocycles. The van der Waals surface area contributed by atoms with E-state index in [2.05, 4.69) is 17.2 Å². The predicted octanol–water partition coefficient (Wildman–Crippen LogP) is 4.55. The van der Waals surface area contributed by atoms with Crippen molar-refractivity contribution in [1.82, 2.24) is 5.32 Å². The first-order chi connectivity index (χ1) is 13.5. The molecule has 2 heterocycles. The Morgan fingerprint density at radius 3 is 2.52 bits per heavy atom. The first kappa shape index (κ1) is 19.9. The van der Waals surface area contributed by atoms with Crippen molar-refractivity contribution in [3.05, 3.63) is 47.3 Å². The Morgan fingerprint density at radius 2 is 1.86 bits per heavy atom. The summed E-state index contributed by atoms with van der Waals surface area (Å²) >= 11 is 1.49.